The Labute approximate surface area is 102 Å². The molecule has 2 atom stereocenters. The molecule has 0 aromatic heterocycles. The van der Waals surface area contributed by atoms with Crippen LogP contribution >= 0.6 is 11.6 Å². The van der Waals surface area contributed by atoms with Gasteiger partial charge in [-0.1, -0.05) is 23.7 Å². The van der Waals surface area contributed by atoms with Gasteiger partial charge in [-0.2, -0.15) is 0 Å². The molecule has 88 valence electrons. The van der Waals surface area contributed by atoms with Gasteiger partial charge in [0.15, 0.2) is 0 Å². The Hall–Kier alpha value is -0.570. The van der Waals surface area contributed by atoms with Gasteiger partial charge in [0.25, 0.3) is 0 Å². The van der Waals surface area contributed by atoms with Crippen molar-refractivity contribution in [3.8, 4) is 0 Å². The van der Waals surface area contributed by atoms with Gasteiger partial charge in [-0.3, -0.25) is 0 Å². The van der Waals surface area contributed by atoms with Crippen LogP contribution in [0.2, 0.25) is 5.02 Å². The molecule has 2 nitrogen and oxygen atoms in total. The molecule has 1 aromatic rings. The van der Waals surface area contributed by atoms with E-state index in [1.54, 1.807) is 0 Å². The first-order valence-corrected chi connectivity index (χ1v) is 6.36. The topological polar surface area (TPSA) is 24.1 Å². The third-order valence-corrected chi connectivity index (χ3v) is 3.42. The van der Waals surface area contributed by atoms with E-state index in [9.17, 15) is 0 Å². The second-order valence-corrected chi connectivity index (χ2v) is 4.91. The molecule has 1 heterocycles. The SMILES string of the molecule is CC(NCC1CCCN1)c1cccc(Cl)c1. The lowest BCUT2D eigenvalue weighted by molar-refractivity contribution is 0.490. The number of benzene rings is 1. The zero-order valence-corrected chi connectivity index (χ0v) is 10.4. The van der Waals surface area contributed by atoms with E-state index in [-0.39, 0.29) is 0 Å². The summed E-state index contributed by atoms with van der Waals surface area (Å²) in [6.45, 7) is 4.38. The molecule has 0 amide bonds. The van der Waals surface area contributed by atoms with Crippen molar-refractivity contribution < 1.29 is 0 Å². The predicted octanol–water partition coefficient (Wildman–Crippen LogP) is 2.74. The van der Waals surface area contributed by atoms with E-state index in [2.05, 4.69) is 23.6 Å². The van der Waals surface area contributed by atoms with E-state index < -0.39 is 0 Å². The molecule has 2 unspecified atom stereocenters. The molecule has 1 aliphatic heterocycles. The van der Waals surface area contributed by atoms with Crippen LogP contribution in [0.4, 0.5) is 0 Å². The number of nitrogens with one attached hydrogen (secondary N) is 2. The van der Waals surface area contributed by atoms with Crippen LogP contribution in [0, 0.1) is 0 Å². The van der Waals surface area contributed by atoms with Gasteiger partial charge >= 0.3 is 0 Å². The minimum atomic E-state index is 0.362. The fourth-order valence-electron chi connectivity index (χ4n) is 2.14. The highest BCUT2D eigenvalue weighted by Gasteiger charge is 2.14. The Morgan fingerprint density at radius 3 is 3.12 bits per heavy atom. The molecule has 0 saturated carbocycles. The summed E-state index contributed by atoms with van der Waals surface area (Å²) < 4.78 is 0. The van der Waals surface area contributed by atoms with Crippen LogP contribution in [0.15, 0.2) is 24.3 Å². The Bertz CT molecular complexity index is 334. The number of hydrogen-bond donors (Lipinski definition) is 2. The van der Waals surface area contributed by atoms with Gasteiger partial charge < -0.3 is 10.6 Å². The summed E-state index contributed by atoms with van der Waals surface area (Å²) in [7, 11) is 0. The van der Waals surface area contributed by atoms with Crippen LogP contribution < -0.4 is 10.6 Å². The van der Waals surface area contributed by atoms with Gasteiger partial charge in [-0.15, -0.1) is 0 Å². The van der Waals surface area contributed by atoms with Gasteiger partial charge in [0, 0.05) is 23.7 Å². The normalized spacial score (nSPS) is 22.2. The van der Waals surface area contributed by atoms with Crippen molar-refractivity contribution in [1.82, 2.24) is 10.6 Å². The number of hydrogen-bond acceptors (Lipinski definition) is 2. The number of halogens is 1. The van der Waals surface area contributed by atoms with E-state index in [4.69, 9.17) is 11.6 Å². The molecule has 0 radical (unpaired) electrons. The summed E-state index contributed by atoms with van der Waals surface area (Å²) in [4.78, 5) is 0. The van der Waals surface area contributed by atoms with E-state index in [0.717, 1.165) is 18.1 Å². The fourth-order valence-corrected chi connectivity index (χ4v) is 2.34. The van der Waals surface area contributed by atoms with Crippen LogP contribution in [0.25, 0.3) is 0 Å². The Balaban J connectivity index is 1.85. The molecule has 1 aromatic carbocycles. The lowest BCUT2D eigenvalue weighted by Crippen LogP contribution is -2.35. The van der Waals surface area contributed by atoms with Crippen LogP contribution in [-0.2, 0) is 0 Å². The second kappa shape index (κ2) is 5.67. The molecule has 0 aliphatic carbocycles. The summed E-state index contributed by atoms with van der Waals surface area (Å²) >= 11 is 5.98. The predicted molar refractivity (Wildman–Crippen MR) is 68.9 cm³/mol. The maximum absolute atomic E-state index is 5.98. The lowest BCUT2D eigenvalue weighted by Gasteiger charge is -2.18. The molecule has 2 N–H and O–H groups in total. The molecule has 2 rings (SSSR count). The van der Waals surface area contributed by atoms with Gasteiger partial charge in [0.2, 0.25) is 0 Å². The molecule has 1 aliphatic rings. The van der Waals surface area contributed by atoms with Crippen molar-refractivity contribution in [1.29, 1.82) is 0 Å². The summed E-state index contributed by atoms with van der Waals surface area (Å²) in [6, 6.07) is 9.06. The molecule has 1 saturated heterocycles. The van der Waals surface area contributed by atoms with Crippen molar-refractivity contribution in [3.05, 3.63) is 34.9 Å². The van der Waals surface area contributed by atoms with E-state index >= 15 is 0 Å². The van der Waals surface area contributed by atoms with Crippen molar-refractivity contribution >= 4 is 11.6 Å². The smallest absolute Gasteiger partial charge is 0.0409 e. The minimum Gasteiger partial charge on any atom is -0.313 e. The van der Waals surface area contributed by atoms with Crippen molar-refractivity contribution in [3.63, 3.8) is 0 Å². The Morgan fingerprint density at radius 2 is 2.44 bits per heavy atom. The zero-order chi connectivity index (χ0) is 11.4. The average Bonchev–Trinajstić information content (AvgIpc) is 2.78. The third kappa shape index (κ3) is 3.21. The number of rotatable bonds is 4. The van der Waals surface area contributed by atoms with Crippen molar-refractivity contribution in [2.24, 2.45) is 0 Å². The highest BCUT2D eigenvalue weighted by Crippen LogP contribution is 2.17. The minimum absolute atomic E-state index is 0.362. The molecular formula is C13H19ClN2. The van der Waals surface area contributed by atoms with Crippen LogP contribution in [0.3, 0.4) is 0 Å². The Kier molecular flexibility index (Phi) is 4.22. The van der Waals surface area contributed by atoms with Crippen LogP contribution in [0.1, 0.15) is 31.4 Å². The zero-order valence-electron chi connectivity index (χ0n) is 9.67. The van der Waals surface area contributed by atoms with E-state index in [1.807, 2.05) is 18.2 Å². The Morgan fingerprint density at radius 1 is 1.56 bits per heavy atom. The van der Waals surface area contributed by atoms with E-state index in [0.29, 0.717) is 12.1 Å². The standard InChI is InChI=1S/C13H19ClN2/c1-10(11-4-2-5-12(14)8-11)16-9-13-6-3-7-15-13/h2,4-5,8,10,13,15-16H,3,6-7,9H2,1H3. The molecular weight excluding hydrogens is 220 g/mol. The van der Waals surface area contributed by atoms with Crippen molar-refractivity contribution in [2.75, 3.05) is 13.1 Å². The van der Waals surface area contributed by atoms with Gasteiger partial charge in [0.05, 0.1) is 0 Å². The molecule has 1 fully saturated rings. The van der Waals surface area contributed by atoms with Gasteiger partial charge in [-0.05, 0) is 44.0 Å². The second-order valence-electron chi connectivity index (χ2n) is 4.48. The quantitative estimate of drug-likeness (QED) is 0.843. The highest BCUT2D eigenvalue weighted by atomic mass is 35.5. The van der Waals surface area contributed by atoms with Gasteiger partial charge in [-0.25, -0.2) is 0 Å². The lowest BCUT2D eigenvalue weighted by atomic mass is 10.1. The summed E-state index contributed by atoms with van der Waals surface area (Å²) in [5.74, 6) is 0. The first kappa shape index (κ1) is 11.9. The first-order chi connectivity index (χ1) is 7.75. The molecule has 3 heteroatoms. The first-order valence-electron chi connectivity index (χ1n) is 5.98. The average molecular weight is 239 g/mol. The third-order valence-electron chi connectivity index (χ3n) is 3.18. The van der Waals surface area contributed by atoms with E-state index in [1.165, 1.54) is 18.4 Å². The molecule has 16 heavy (non-hydrogen) atoms. The largest absolute Gasteiger partial charge is 0.313 e. The van der Waals surface area contributed by atoms with Crippen LogP contribution in [0.5, 0.6) is 0 Å². The summed E-state index contributed by atoms with van der Waals surface area (Å²) in [5.41, 5.74) is 1.26. The maximum atomic E-state index is 5.98. The monoisotopic (exact) mass is 238 g/mol. The summed E-state index contributed by atoms with van der Waals surface area (Å²) in [6.07, 6.45) is 2.59. The summed E-state index contributed by atoms with van der Waals surface area (Å²) in [5, 5.41) is 7.84. The molecule has 0 spiro atoms. The molecule has 0 bridgehead atoms. The van der Waals surface area contributed by atoms with Crippen molar-refractivity contribution in [2.45, 2.75) is 31.8 Å². The fraction of sp³-hybridized carbons (Fsp3) is 0.538. The van der Waals surface area contributed by atoms with Crippen LogP contribution in [-0.4, -0.2) is 19.1 Å². The van der Waals surface area contributed by atoms with Gasteiger partial charge in [0.1, 0.15) is 0 Å². The maximum Gasteiger partial charge on any atom is 0.0409 e. The highest BCUT2D eigenvalue weighted by molar-refractivity contribution is 6.30.